The van der Waals surface area contributed by atoms with E-state index in [2.05, 4.69) is 26.4 Å². The van der Waals surface area contributed by atoms with Crippen LogP contribution in [0.5, 0.6) is 5.75 Å². The summed E-state index contributed by atoms with van der Waals surface area (Å²) >= 11 is 0. The standard InChI is InChI=1S/C34H49N7O10/c1-41-29(31-5-3-14-51-31)22-28(40-41)34(45)39-25-6-7-30(46-2)27(21-25)33(44)38-13-16-48-18-20-50-24-32(43)37-12-15-47-17-19-49-23-26(42)8-11-36-10-4-9-35/h3,5-7,14,21-22,36H,4,8-13,15-20,23-24,35H2,1-2H3,(H,37,43)(H,38,44)(H,39,45). The first-order valence-electron chi connectivity index (χ1n) is 16.7. The van der Waals surface area contributed by atoms with Gasteiger partial charge in [-0.1, -0.05) is 0 Å². The molecule has 6 N–H and O–H groups in total. The Morgan fingerprint density at radius 1 is 0.843 bits per heavy atom. The molecule has 17 heteroatoms. The van der Waals surface area contributed by atoms with Gasteiger partial charge in [-0.05, 0) is 49.8 Å². The van der Waals surface area contributed by atoms with E-state index in [1.54, 1.807) is 42.1 Å². The lowest BCUT2D eigenvalue weighted by Gasteiger charge is -2.12. The fourth-order valence-electron chi connectivity index (χ4n) is 4.48. The maximum Gasteiger partial charge on any atom is 0.276 e. The number of carbonyl (C=O) groups is 4. The second kappa shape index (κ2) is 23.7. The molecule has 3 amide bonds. The molecule has 0 unspecified atom stereocenters. The van der Waals surface area contributed by atoms with Crippen molar-refractivity contribution in [3.63, 3.8) is 0 Å². The molecule has 0 saturated heterocycles. The van der Waals surface area contributed by atoms with Crippen molar-refractivity contribution >= 4 is 29.2 Å². The predicted molar refractivity (Wildman–Crippen MR) is 187 cm³/mol. The fraction of sp³-hybridized carbons (Fsp3) is 0.500. The van der Waals surface area contributed by atoms with Crippen molar-refractivity contribution in [2.75, 3.05) is 98.0 Å². The first-order chi connectivity index (χ1) is 24.8. The van der Waals surface area contributed by atoms with Gasteiger partial charge in [0.2, 0.25) is 5.91 Å². The molecule has 0 fully saturated rings. The van der Waals surface area contributed by atoms with Crippen LogP contribution in [0.15, 0.2) is 47.1 Å². The maximum atomic E-state index is 12.9. The molecule has 2 aromatic heterocycles. The van der Waals surface area contributed by atoms with E-state index in [-0.39, 0.29) is 69.1 Å². The third kappa shape index (κ3) is 15.4. The lowest BCUT2D eigenvalue weighted by atomic mass is 10.1. The highest BCUT2D eigenvalue weighted by molar-refractivity contribution is 6.05. The lowest BCUT2D eigenvalue weighted by Crippen LogP contribution is -2.31. The Labute approximate surface area is 296 Å². The summed E-state index contributed by atoms with van der Waals surface area (Å²) in [6.07, 6.45) is 2.82. The number of aromatic nitrogens is 2. The molecule has 51 heavy (non-hydrogen) atoms. The van der Waals surface area contributed by atoms with Gasteiger partial charge < -0.3 is 55.1 Å². The first kappa shape index (κ1) is 40.8. The number of hydrogen-bond donors (Lipinski definition) is 5. The van der Waals surface area contributed by atoms with Crippen molar-refractivity contribution in [1.82, 2.24) is 25.7 Å². The number of anilines is 1. The first-order valence-corrected chi connectivity index (χ1v) is 16.7. The smallest absolute Gasteiger partial charge is 0.276 e. The van der Waals surface area contributed by atoms with E-state index in [1.807, 2.05) is 0 Å². The maximum absolute atomic E-state index is 12.9. The van der Waals surface area contributed by atoms with Gasteiger partial charge >= 0.3 is 0 Å². The van der Waals surface area contributed by atoms with E-state index in [9.17, 15) is 19.2 Å². The minimum Gasteiger partial charge on any atom is -0.496 e. The van der Waals surface area contributed by atoms with Crippen LogP contribution in [-0.4, -0.2) is 126 Å². The van der Waals surface area contributed by atoms with Crippen LogP contribution in [0.2, 0.25) is 0 Å². The minimum absolute atomic E-state index is 0.0198. The number of Topliss-reactive ketones (excluding diaryl/α,β-unsaturated/α-hetero) is 1. The number of methoxy groups -OCH3 is 1. The number of ketones is 1. The summed E-state index contributed by atoms with van der Waals surface area (Å²) in [6, 6.07) is 9.86. The predicted octanol–water partition coefficient (Wildman–Crippen LogP) is 0.751. The van der Waals surface area contributed by atoms with Crippen molar-refractivity contribution < 1.29 is 47.3 Å². The van der Waals surface area contributed by atoms with Crippen LogP contribution in [0.4, 0.5) is 5.69 Å². The summed E-state index contributed by atoms with van der Waals surface area (Å²) in [5.74, 6) is -0.232. The van der Waals surface area contributed by atoms with Gasteiger partial charge in [0, 0.05) is 44.9 Å². The Morgan fingerprint density at radius 3 is 2.27 bits per heavy atom. The zero-order valence-corrected chi connectivity index (χ0v) is 29.2. The molecule has 1 aromatic carbocycles. The largest absolute Gasteiger partial charge is 0.496 e. The number of nitrogens with two attached hydrogens (primary N) is 1. The van der Waals surface area contributed by atoms with Gasteiger partial charge in [0.15, 0.2) is 17.2 Å². The summed E-state index contributed by atoms with van der Waals surface area (Å²) in [5, 5.41) is 15.6. The number of nitrogens with zero attached hydrogens (tertiary/aromatic N) is 2. The summed E-state index contributed by atoms with van der Waals surface area (Å²) in [6.45, 7) is 3.96. The number of amides is 3. The van der Waals surface area contributed by atoms with Crippen LogP contribution in [-0.2, 0) is 35.6 Å². The number of ether oxygens (including phenoxy) is 5. The van der Waals surface area contributed by atoms with Gasteiger partial charge in [0.05, 0.1) is 58.6 Å². The average molecular weight is 716 g/mol. The Bertz CT molecular complexity index is 1500. The number of nitrogens with one attached hydrogen (secondary N) is 4. The van der Waals surface area contributed by atoms with Crippen LogP contribution in [0.25, 0.3) is 11.5 Å². The van der Waals surface area contributed by atoms with E-state index in [0.717, 1.165) is 13.0 Å². The zero-order valence-electron chi connectivity index (χ0n) is 29.2. The van der Waals surface area contributed by atoms with Crippen LogP contribution in [0, 0.1) is 0 Å². The SMILES string of the molecule is COc1ccc(NC(=O)c2cc(-c3ccco3)n(C)n2)cc1C(=O)NCCOCCOCC(=O)NCCOCCOCC(=O)CCNCCCN. The number of benzene rings is 1. The molecular weight excluding hydrogens is 666 g/mol. The van der Waals surface area contributed by atoms with E-state index in [4.69, 9.17) is 33.8 Å². The molecule has 0 atom stereocenters. The Hall–Kier alpha value is -4.65. The molecule has 0 saturated carbocycles. The average Bonchev–Trinajstić information content (AvgIpc) is 3.80. The fourth-order valence-corrected chi connectivity index (χ4v) is 4.48. The molecule has 3 rings (SSSR count). The van der Waals surface area contributed by atoms with Gasteiger partial charge in [-0.25, -0.2) is 0 Å². The monoisotopic (exact) mass is 715 g/mol. The highest BCUT2D eigenvalue weighted by atomic mass is 16.5. The van der Waals surface area contributed by atoms with Gasteiger partial charge in [-0.2, -0.15) is 5.10 Å². The van der Waals surface area contributed by atoms with Crippen molar-refractivity contribution in [3.05, 3.63) is 53.9 Å². The highest BCUT2D eigenvalue weighted by Crippen LogP contribution is 2.24. The van der Waals surface area contributed by atoms with Crippen molar-refractivity contribution in [2.24, 2.45) is 12.8 Å². The molecule has 0 aliphatic rings. The second-order valence-electron chi connectivity index (χ2n) is 11.0. The van der Waals surface area contributed by atoms with Crippen LogP contribution in [0.3, 0.4) is 0 Å². The molecule has 17 nitrogen and oxygen atoms in total. The number of aryl methyl sites for hydroxylation is 1. The van der Waals surface area contributed by atoms with E-state index in [1.165, 1.54) is 19.4 Å². The van der Waals surface area contributed by atoms with E-state index in [0.29, 0.717) is 62.2 Å². The van der Waals surface area contributed by atoms with Crippen LogP contribution in [0.1, 0.15) is 33.7 Å². The molecular formula is C34H49N7O10. The van der Waals surface area contributed by atoms with Crippen LogP contribution < -0.4 is 31.7 Å². The van der Waals surface area contributed by atoms with Crippen LogP contribution >= 0.6 is 0 Å². The molecule has 0 radical (unpaired) electrons. The summed E-state index contributed by atoms with van der Waals surface area (Å²) < 4.78 is 33.8. The Kier molecular flexibility index (Phi) is 18.9. The molecule has 0 aliphatic carbocycles. The highest BCUT2D eigenvalue weighted by Gasteiger charge is 2.18. The summed E-state index contributed by atoms with van der Waals surface area (Å²) in [4.78, 5) is 49.4. The Morgan fingerprint density at radius 2 is 1.57 bits per heavy atom. The van der Waals surface area contributed by atoms with E-state index < -0.39 is 11.8 Å². The summed E-state index contributed by atoms with van der Waals surface area (Å²) in [7, 11) is 3.16. The molecule has 0 spiro atoms. The second-order valence-corrected chi connectivity index (χ2v) is 11.0. The van der Waals surface area contributed by atoms with Gasteiger partial charge in [-0.3, -0.25) is 23.9 Å². The molecule has 0 bridgehead atoms. The third-order valence-electron chi connectivity index (χ3n) is 7.07. The third-order valence-corrected chi connectivity index (χ3v) is 7.07. The van der Waals surface area contributed by atoms with Crippen molar-refractivity contribution in [3.8, 4) is 17.2 Å². The quantitative estimate of drug-likeness (QED) is 0.0689. The number of furan rings is 1. The molecule has 0 aliphatic heterocycles. The summed E-state index contributed by atoms with van der Waals surface area (Å²) in [5.41, 5.74) is 6.85. The normalized spacial score (nSPS) is 11.0. The number of hydrogen-bond acceptors (Lipinski definition) is 13. The molecule has 2 heterocycles. The van der Waals surface area contributed by atoms with E-state index >= 15 is 0 Å². The van der Waals surface area contributed by atoms with Crippen molar-refractivity contribution in [2.45, 2.75) is 12.8 Å². The molecule has 280 valence electrons. The number of rotatable bonds is 27. The molecule has 3 aromatic rings. The van der Waals surface area contributed by atoms with Gasteiger partial charge in [0.1, 0.15) is 24.7 Å². The number of carbonyl (C=O) groups excluding carboxylic acids is 4. The zero-order chi connectivity index (χ0) is 36.7. The Balaban J connectivity index is 1.21. The topological polar surface area (TPSA) is 220 Å². The van der Waals surface area contributed by atoms with Gasteiger partial charge in [0.25, 0.3) is 11.8 Å². The minimum atomic E-state index is -0.455. The van der Waals surface area contributed by atoms with Gasteiger partial charge in [-0.15, -0.1) is 0 Å². The van der Waals surface area contributed by atoms with Crippen molar-refractivity contribution in [1.29, 1.82) is 0 Å². The lowest BCUT2D eigenvalue weighted by molar-refractivity contribution is -0.127.